The fourth-order valence-electron chi connectivity index (χ4n) is 3.17. The van der Waals surface area contributed by atoms with Crippen molar-refractivity contribution in [1.29, 1.82) is 0 Å². The Bertz CT molecular complexity index is 846. The summed E-state index contributed by atoms with van der Waals surface area (Å²) in [6, 6.07) is 3.10. The zero-order chi connectivity index (χ0) is 18.1. The quantitative estimate of drug-likeness (QED) is 0.847. The van der Waals surface area contributed by atoms with Crippen LogP contribution in [0.15, 0.2) is 47.5 Å². The van der Waals surface area contributed by atoms with Crippen LogP contribution in [0.4, 0.5) is 4.79 Å². The van der Waals surface area contributed by atoms with Gasteiger partial charge in [-0.3, -0.25) is 14.8 Å². The number of rotatable bonds is 5. The summed E-state index contributed by atoms with van der Waals surface area (Å²) in [5.74, 6) is -0.0558. The smallest absolute Gasteiger partial charge is 0.319 e. The number of carbonyl (C=O) groups excluding carboxylic acids is 2. The average molecular weight is 369 g/mol. The Hall–Kier alpha value is -2.74. The predicted octanol–water partition coefficient (Wildman–Crippen LogP) is 2.36. The number of carbonyl (C=O) groups is 2. The fraction of sp³-hybridized carbons (Fsp3) is 0.333. The number of hydrogen-bond donors (Lipinski definition) is 2. The maximum absolute atomic E-state index is 13.4. The first kappa shape index (κ1) is 16.7. The molecule has 3 amide bonds. The molecule has 0 radical (unpaired) electrons. The van der Waals surface area contributed by atoms with E-state index in [1.807, 2.05) is 11.0 Å². The fourth-order valence-corrected chi connectivity index (χ4v) is 3.76. The third-order valence-electron chi connectivity index (χ3n) is 4.58. The molecule has 0 aromatic carbocycles. The second-order valence-corrected chi connectivity index (χ2v) is 7.46. The highest BCUT2D eigenvalue weighted by Crippen LogP contribution is 2.34. The highest BCUT2D eigenvalue weighted by atomic mass is 32.1. The number of urea groups is 1. The Morgan fingerprint density at radius 2 is 2.19 bits per heavy atom. The molecule has 2 N–H and O–H groups in total. The Balaban J connectivity index is 1.68. The van der Waals surface area contributed by atoms with Crippen molar-refractivity contribution < 1.29 is 9.59 Å². The minimum Gasteiger partial charge on any atom is -0.331 e. The third kappa shape index (κ3) is 3.32. The predicted molar refractivity (Wildman–Crippen MR) is 97.0 cm³/mol. The largest absolute Gasteiger partial charge is 0.331 e. The van der Waals surface area contributed by atoms with E-state index >= 15 is 0 Å². The van der Waals surface area contributed by atoms with Gasteiger partial charge in [0.15, 0.2) is 0 Å². The van der Waals surface area contributed by atoms with Gasteiger partial charge in [0.1, 0.15) is 0 Å². The summed E-state index contributed by atoms with van der Waals surface area (Å²) in [5, 5.41) is 5.60. The normalized spacial score (nSPS) is 19.7. The van der Waals surface area contributed by atoms with Gasteiger partial charge in [-0.1, -0.05) is 6.07 Å². The van der Waals surface area contributed by atoms with Crippen LogP contribution in [-0.4, -0.2) is 32.8 Å². The van der Waals surface area contributed by atoms with Gasteiger partial charge in [-0.2, -0.15) is 0 Å². The first-order valence-electron chi connectivity index (χ1n) is 8.50. The van der Waals surface area contributed by atoms with E-state index in [1.54, 1.807) is 48.4 Å². The van der Waals surface area contributed by atoms with Crippen molar-refractivity contribution in [1.82, 2.24) is 25.5 Å². The van der Waals surface area contributed by atoms with Gasteiger partial charge in [0.05, 0.1) is 23.7 Å². The van der Waals surface area contributed by atoms with Gasteiger partial charge >= 0.3 is 6.03 Å². The molecule has 0 bridgehead atoms. The lowest BCUT2D eigenvalue weighted by molar-refractivity contribution is -0.128. The maximum Gasteiger partial charge on any atom is 0.319 e. The number of pyridine rings is 1. The molecule has 2 aliphatic rings. The SMILES string of the molecule is CC1=C(C(=O)N(Cc2cncs2)C2CC2)[C@@H](c2cccnc2)NC(=O)N1. The molecule has 26 heavy (non-hydrogen) atoms. The topological polar surface area (TPSA) is 87.2 Å². The van der Waals surface area contributed by atoms with Crippen molar-refractivity contribution in [2.24, 2.45) is 0 Å². The van der Waals surface area contributed by atoms with Gasteiger partial charge in [-0.25, -0.2) is 4.79 Å². The molecule has 0 spiro atoms. The summed E-state index contributed by atoms with van der Waals surface area (Å²) >= 11 is 1.54. The van der Waals surface area contributed by atoms with E-state index in [1.165, 1.54) is 0 Å². The van der Waals surface area contributed by atoms with Gasteiger partial charge in [0, 0.05) is 35.2 Å². The van der Waals surface area contributed by atoms with E-state index in [9.17, 15) is 9.59 Å². The summed E-state index contributed by atoms with van der Waals surface area (Å²) < 4.78 is 0. The van der Waals surface area contributed by atoms with Gasteiger partial charge < -0.3 is 15.5 Å². The molecule has 0 saturated heterocycles. The van der Waals surface area contributed by atoms with E-state index in [2.05, 4.69) is 20.6 Å². The van der Waals surface area contributed by atoms with Crippen LogP contribution < -0.4 is 10.6 Å². The molecule has 1 aliphatic heterocycles. The zero-order valence-electron chi connectivity index (χ0n) is 14.3. The number of nitrogens with zero attached hydrogens (tertiary/aromatic N) is 3. The number of hydrogen-bond acceptors (Lipinski definition) is 5. The minimum absolute atomic E-state index is 0.0558. The summed E-state index contributed by atoms with van der Waals surface area (Å²) in [7, 11) is 0. The van der Waals surface area contributed by atoms with Crippen molar-refractivity contribution >= 4 is 23.3 Å². The van der Waals surface area contributed by atoms with Crippen LogP contribution in [0, 0.1) is 0 Å². The molecule has 4 rings (SSSR count). The minimum atomic E-state index is -0.507. The number of amides is 3. The van der Waals surface area contributed by atoms with Gasteiger partial charge in [-0.15, -0.1) is 11.3 Å². The monoisotopic (exact) mass is 369 g/mol. The van der Waals surface area contributed by atoms with Crippen LogP contribution in [0.3, 0.4) is 0 Å². The zero-order valence-corrected chi connectivity index (χ0v) is 15.1. The van der Waals surface area contributed by atoms with E-state index in [4.69, 9.17) is 0 Å². The first-order valence-corrected chi connectivity index (χ1v) is 9.38. The Kier molecular flexibility index (Phi) is 4.42. The highest BCUT2D eigenvalue weighted by Gasteiger charge is 2.39. The van der Waals surface area contributed by atoms with Gasteiger partial charge in [-0.05, 0) is 31.4 Å². The van der Waals surface area contributed by atoms with Crippen molar-refractivity contribution in [2.75, 3.05) is 0 Å². The number of nitrogens with one attached hydrogen (secondary N) is 2. The van der Waals surface area contributed by atoms with Crippen molar-refractivity contribution in [3.8, 4) is 0 Å². The van der Waals surface area contributed by atoms with Crippen LogP contribution in [0.5, 0.6) is 0 Å². The number of thiazole rings is 1. The van der Waals surface area contributed by atoms with Crippen LogP contribution >= 0.6 is 11.3 Å². The van der Waals surface area contributed by atoms with E-state index in [-0.39, 0.29) is 18.0 Å². The average Bonchev–Trinajstić information content (AvgIpc) is 3.35. The van der Waals surface area contributed by atoms with E-state index < -0.39 is 6.04 Å². The first-order chi connectivity index (χ1) is 12.6. The summed E-state index contributed by atoms with van der Waals surface area (Å²) in [5.41, 5.74) is 3.71. The molecule has 7 nitrogen and oxygen atoms in total. The molecule has 2 aromatic heterocycles. The second-order valence-electron chi connectivity index (χ2n) is 6.49. The van der Waals surface area contributed by atoms with Gasteiger partial charge in [0.2, 0.25) is 0 Å². The van der Waals surface area contributed by atoms with E-state index in [0.29, 0.717) is 17.8 Å². The molecule has 8 heteroatoms. The van der Waals surface area contributed by atoms with Crippen molar-refractivity contribution in [3.05, 3.63) is 57.9 Å². The number of allylic oxidation sites excluding steroid dienone is 1. The second kappa shape index (κ2) is 6.87. The Morgan fingerprint density at radius 3 is 2.85 bits per heavy atom. The molecule has 1 atom stereocenters. The van der Waals surface area contributed by atoms with Crippen LogP contribution in [0.25, 0.3) is 0 Å². The molecule has 1 aliphatic carbocycles. The van der Waals surface area contributed by atoms with Crippen LogP contribution in [0.1, 0.15) is 36.2 Å². The number of aromatic nitrogens is 2. The van der Waals surface area contributed by atoms with Crippen molar-refractivity contribution in [3.63, 3.8) is 0 Å². The molecule has 2 aromatic rings. The third-order valence-corrected chi connectivity index (χ3v) is 5.34. The molecule has 0 unspecified atom stereocenters. The molecule has 1 fully saturated rings. The van der Waals surface area contributed by atoms with Gasteiger partial charge in [0.25, 0.3) is 5.91 Å². The molecular weight excluding hydrogens is 350 g/mol. The van der Waals surface area contributed by atoms with Crippen molar-refractivity contribution in [2.45, 2.75) is 38.4 Å². The van der Waals surface area contributed by atoms with E-state index in [0.717, 1.165) is 23.3 Å². The standard InChI is InChI=1S/C18H19N5O2S/c1-11-15(16(22-18(25)21-11)12-3-2-6-19-7-12)17(24)23(13-4-5-13)9-14-8-20-10-26-14/h2-3,6-8,10,13,16H,4-5,9H2,1H3,(H2,21,22,25)/t16-/m1/s1. The summed E-state index contributed by atoms with van der Waals surface area (Å²) in [6.07, 6.45) is 7.17. The summed E-state index contributed by atoms with van der Waals surface area (Å²) in [6.45, 7) is 2.31. The maximum atomic E-state index is 13.4. The lowest BCUT2D eigenvalue weighted by atomic mass is 9.95. The lowest BCUT2D eigenvalue weighted by Crippen LogP contribution is -2.48. The highest BCUT2D eigenvalue weighted by molar-refractivity contribution is 7.09. The van der Waals surface area contributed by atoms with Crippen LogP contribution in [-0.2, 0) is 11.3 Å². The Morgan fingerprint density at radius 1 is 1.35 bits per heavy atom. The molecular formula is C18H19N5O2S. The van der Waals surface area contributed by atoms with Crippen LogP contribution in [0.2, 0.25) is 0 Å². The molecule has 3 heterocycles. The lowest BCUT2D eigenvalue weighted by Gasteiger charge is -2.32. The molecule has 134 valence electrons. The summed E-state index contributed by atoms with van der Waals surface area (Å²) in [4.78, 5) is 36.6. The molecule has 1 saturated carbocycles. The Labute approximate surface area is 155 Å².